The minimum absolute atomic E-state index is 0.384. The minimum atomic E-state index is -4.64. The Hall–Kier alpha value is -0.670. The first kappa shape index (κ1) is 35.5. The Morgan fingerprint density at radius 1 is 0.588 bits per heavy atom. The normalized spacial score (nSPS) is 11.2. The van der Waals surface area contributed by atoms with Crippen molar-refractivity contribution in [2.45, 2.75) is 110 Å². The Labute approximate surface area is 201 Å². The van der Waals surface area contributed by atoms with Gasteiger partial charge in [0.25, 0.3) is 0 Å². The predicted molar refractivity (Wildman–Crippen MR) is 119 cm³/mol. The molecule has 0 aromatic carbocycles. The zero-order valence-corrected chi connectivity index (χ0v) is 21.1. The molecule has 0 aliphatic heterocycles. The van der Waals surface area contributed by atoms with Crippen LogP contribution in [0.4, 0.5) is 0 Å². The van der Waals surface area contributed by atoms with E-state index < -0.39 is 7.82 Å². The van der Waals surface area contributed by atoms with Crippen LogP contribution in [0.2, 0.25) is 0 Å². The summed E-state index contributed by atoms with van der Waals surface area (Å²) in [7, 11) is -4.64. The highest BCUT2D eigenvalue weighted by Crippen LogP contribution is 2.25. The molecule has 34 heavy (non-hydrogen) atoms. The van der Waals surface area contributed by atoms with Crippen molar-refractivity contribution in [1.29, 1.82) is 0 Å². The summed E-state index contributed by atoms with van der Waals surface area (Å²) in [5.74, 6) is 0. The zero-order chi connectivity index (χ0) is 25.6. The summed E-state index contributed by atoms with van der Waals surface area (Å²) in [4.78, 5) is 30.3. The number of hydrogen-bond acceptors (Lipinski definition) is 10. The maximum Gasteiger partial charge on any atom is 0.466 e. The van der Waals surface area contributed by atoms with Gasteiger partial charge in [-0.15, -0.1) is 0 Å². The van der Waals surface area contributed by atoms with E-state index in [1.807, 2.05) is 0 Å². The summed E-state index contributed by atoms with van der Waals surface area (Å²) in [6, 6.07) is 0. The zero-order valence-electron chi connectivity index (χ0n) is 20.2. The molecule has 0 aromatic rings. The Balaban J connectivity index is 0. The molecule has 13 nitrogen and oxygen atoms in total. The number of phosphoric acid groups is 1. The van der Waals surface area contributed by atoms with E-state index in [1.165, 1.54) is 89.9 Å². The molecule has 0 unspecified atom stereocenters. The largest absolute Gasteiger partial charge is 0.466 e. The predicted octanol–water partition coefficient (Wildman–Crippen LogP) is 5.93. The summed E-state index contributed by atoms with van der Waals surface area (Å²) in [6.45, 7) is 5.83. The van der Waals surface area contributed by atoms with Crippen molar-refractivity contribution in [2.75, 3.05) is 6.61 Å². The van der Waals surface area contributed by atoms with Crippen molar-refractivity contribution in [3.63, 3.8) is 0 Å². The van der Waals surface area contributed by atoms with Gasteiger partial charge < -0.3 is 19.6 Å². The molecule has 0 saturated carbocycles. The molecule has 0 rings (SSSR count). The minimum Gasteiger partial charge on any atom is -0.315 e. The first-order chi connectivity index (χ1) is 16.4. The van der Waals surface area contributed by atoms with Crippen LogP contribution < -0.4 is 0 Å². The molecule has 206 valence electrons. The third-order valence-corrected chi connectivity index (χ3v) is 4.40. The van der Waals surface area contributed by atoms with E-state index >= 15 is 0 Å². The summed E-state index contributed by atoms with van der Waals surface area (Å²) in [6.07, 6.45) is 22.0. The molecular formula is C20H43O13P. The SMILES string of the molecule is C=COOOOOOOOOCCCCCCCCCCCCCCCCCC.O=P(O)(O)O. The Morgan fingerprint density at radius 3 is 1.29 bits per heavy atom. The fraction of sp³-hybridized carbons (Fsp3) is 0.900. The van der Waals surface area contributed by atoms with Crippen molar-refractivity contribution in [3.8, 4) is 0 Å². The Bertz CT molecular complexity index is 428. The van der Waals surface area contributed by atoms with Crippen molar-refractivity contribution < 1.29 is 64.3 Å². The number of hydrogen-bond donors (Lipinski definition) is 3. The number of rotatable bonds is 26. The van der Waals surface area contributed by atoms with Gasteiger partial charge in [-0.05, 0) is 21.5 Å². The lowest BCUT2D eigenvalue weighted by Crippen LogP contribution is -2.02. The summed E-state index contributed by atoms with van der Waals surface area (Å²) in [5, 5.41) is 27.4. The Kier molecular flexibility index (Phi) is 31.7. The van der Waals surface area contributed by atoms with Crippen molar-refractivity contribution in [2.24, 2.45) is 0 Å². The third kappa shape index (κ3) is 44.9. The second-order valence-corrected chi connectivity index (χ2v) is 8.40. The van der Waals surface area contributed by atoms with Crippen molar-refractivity contribution >= 4 is 7.82 Å². The lowest BCUT2D eigenvalue weighted by atomic mass is 10.0. The molecule has 0 atom stereocenters. The van der Waals surface area contributed by atoms with Gasteiger partial charge in [-0.3, -0.25) is 0 Å². The first-order valence-electron chi connectivity index (χ1n) is 11.8. The molecule has 0 saturated heterocycles. The molecule has 3 N–H and O–H groups in total. The van der Waals surface area contributed by atoms with Gasteiger partial charge in [0.05, 0.1) is 6.61 Å². The van der Waals surface area contributed by atoms with Crippen LogP contribution in [0.3, 0.4) is 0 Å². The molecular weight excluding hydrogens is 479 g/mol. The fourth-order valence-corrected chi connectivity index (χ4v) is 2.86. The topological polar surface area (TPSA) is 161 Å². The van der Waals surface area contributed by atoms with Crippen LogP contribution in [0.5, 0.6) is 0 Å². The van der Waals surface area contributed by atoms with E-state index in [-0.39, 0.29) is 0 Å². The summed E-state index contributed by atoms with van der Waals surface area (Å²) in [5.41, 5.74) is 0. The Morgan fingerprint density at radius 2 is 0.912 bits per heavy atom. The number of unbranched alkanes of at least 4 members (excludes halogenated alkanes) is 15. The van der Waals surface area contributed by atoms with Crippen LogP contribution in [0.1, 0.15) is 110 Å². The van der Waals surface area contributed by atoms with Crippen molar-refractivity contribution in [3.05, 3.63) is 12.8 Å². The van der Waals surface area contributed by atoms with Gasteiger partial charge in [0.1, 0.15) is 6.26 Å². The quantitative estimate of drug-likeness (QED) is 0.0403. The average Bonchev–Trinajstić information content (AvgIpc) is 2.78. The molecule has 0 fully saturated rings. The molecule has 0 aromatic heterocycles. The molecule has 0 heterocycles. The van der Waals surface area contributed by atoms with E-state index in [9.17, 15) is 0 Å². The van der Waals surface area contributed by atoms with Crippen LogP contribution in [0.25, 0.3) is 0 Å². The molecule has 0 spiro atoms. The van der Waals surface area contributed by atoms with E-state index in [4.69, 9.17) is 24.1 Å². The second-order valence-electron chi connectivity index (χ2n) is 7.38. The summed E-state index contributed by atoms with van der Waals surface area (Å²) < 4.78 is 8.88. The van der Waals surface area contributed by atoms with Gasteiger partial charge in [0.2, 0.25) is 0 Å². The van der Waals surface area contributed by atoms with Crippen LogP contribution in [-0.4, -0.2) is 21.3 Å². The average molecular weight is 523 g/mol. The monoisotopic (exact) mass is 522 g/mol. The highest BCUT2D eigenvalue weighted by Gasteiger charge is 2.00. The third-order valence-electron chi connectivity index (χ3n) is 4.40. The van der Waals surface area contributed by atoms with Gasteiger partial charge in [0.15, 0.2) is 0 Å². The van der Waals surface area contributed by atoms with E-state index in [0.717, 1.165) is 19.1 Å². The van der Waals surface area contributed by atoms with Gasteiger partial charge in [-0.1, -0.05) is 110 Å². The van der Waals surface area contributed by atoms with Gasteiger partial charge in [-0.25, -0.2) is 9.45 Å². The highest BCUT2D eigenvalue weighted by atomic mass is 31.2. The molecule has 0 radical (unpaired) electrons. The van der Waals surface area contributed by atoms with Gasteiger partial charge in [0, 0.05) is 20.2 Å². The lowest BCUT2D eigenvalue weighted by molar-refractivity contribution is -0.829. The van der Waals surface area contributed by atoms with E-state index in [0.29, 0.717) is 6.61 Å². The van der Waals surface area contributed by atoms with Gasteiger partial charge in [-0.2, -0.15) is 0 Å². The summed E-state index contributed by atoms with van der Waals surface area (Å²) >= 11 is 0. The van der Waals surface area contributed by atoms with Crippen molar-refractivity contribution in [1.82, 2.24) is 0 Å². The standard InChI is InChI=1S/C20H40O9.H3O4P/c1-3-5-6-7-8-9-10-11-12-13-14-15-16-17-18-19-20-22-24-26-28-29-27-25-23-21-4-2;1-5(2,3)4/h4H,2-3,5-20H2,1H3;(H3,1,2,3,4). The molecule has 0 aliphatic carbocycles. The highest BCUT2D eigenvalue weighted by molar-refractivity contribution is 7.45. The molecule has 0 bridgehead atoms. The molecule has 14 heteroatoms. The fourth-order valence-electron chi connectivity index (χ4n) is 2.86. The smallest absolute Gasteiger partial charge is 0.315 e. The van der Waals surface area contributed by atoms with Crippen LogP contribution in [0.15, 0.2) is 12.8 Å². The van der Waals surface area contributed by atoms with Crippen LogP contribution in [0, 0.1) is 0 Å². The molecule has 0 amide bonds. The van der Waals surface area contributed by atoms with Crippen LogP contribution in [-0.2, 0) is 49.6 Å². The molecule has 0 aliphatic rings. The maximum absolute atomic E-state index is 8.88. The second kappa shape index (κ2) is 30.4. The van der Waals surface area contributed by atoms with Crippen LogP contribution >= 0.6 is 7.82 Å². The lowest BCUT2D eigenvalue weighted by Gasteiger charge is -2.03. The van der Waals surface area contributed by atoms with Gasteiger partial charge >= 0.3 is 7.82 Å². The van der Waals surface area contributed by atoms with E-state index in [2.05, 4.69) is 53.7 Å². The van der Waals surface area contributed by atoms with E-state index in [1.54, 1.807) is 0 Å². The first-order valence-corrected chi connectivity index (χ1v) is 13.3. The maximum atomic E-state index is 8.88.